The van der Waals surface area contributed by atoms with Crippen LogP contribution in [0.2, 0.25) is 5.02 Å². The Balaban J connectivity index is 2.56. The number of carbonyl (C=O) groups excluding carboxylic acids is 1. The summed E-state index contributed by atoms with van der Waals surface area (Å²) in [5.41, 5.74) is 1.59. The van der Waals surface area contributed by atoms with E-state index in [2.05, 4.69) is 24.5 Å². The van der Waals surface area contributed by atoms with Crippen LogP contribution in [-0.2, 0) is 4.74 Å². The Bertz CT molecular complexity index is 524. The zero-order chi connectivity index (χ0) is 17.6. The average Bonchev–Trinajstić information content (AvgIpc) is 2.40. The number of rotatable bonds is 6. The van der Waals surface area contributed by atoms with Crippen LogP contribution in [0.5, 0.6) is 0 Å². The molecule has 0 aromatic heterocycles. The van der Waals surface area contributed by atoms with Gasteiger partial charge in [-0.1, -0.05) is 31.5 Å². The lowest BCUT2D eigenvalue weighted by atomic mass is 9.95. The van der Waals surface area contributed by atoms with E-state index in [1.807, 2.05) is 45.9 Å². The molecule has 0 spiro atoms. The van der Waals surface area contributed by atoms with Crippen molar-refractivity contribution in [2.24, 2.45) is 11.8 Å². The lowest BCUT2D eigenvalue weighted by Gasteiger charge is -2.25. The van der Waals surface area contributed by atoms with Gasteiger partial charge in [-0.2, -0.15) is 0 Å². The van der Waals surface area contributed by atoms with Gasteiger partial charge in [0.25, 0.3) is 0 Å². The molecule has 130 valence electrons. The number of benzene rings is 1. The number of hydrogen-bond donors (Lipinski definition) is 2. The van der Waals surface area contributed by atoms with Crippen molar-refractivity contribution in [1.82, 2.24) is 5.32 Å². The van der Waals surface area contributed by atoms with Gasteiger partial charge in [0.1, 0.15) is 5.60 Å². The van der Waals surface area contributed by atoms with Crippen molar-refractivity contribution in [3.05, 3.63) is 28.8 Å². The predicted octanol–water partition coefficient (Wildman–Crippen LogP) is 4.86. The number of anilines is 1. The van der Waals surface area contributed by atoms with Gasteiger partial charge in [0.2, 0.25) is 0 Å². The van der Waals surface area contributed by atoms with Gasteiger partial charge < -0.3 is 15.4 Å². The zero-order valence-corrected chi connectivity index (χ0v) is 15.8. The molecule has 0 saturated heterocycles. The molecule has 0 aliphatic carbocycles. The molecule has 1 aromatic rings. The molecule has 23 heavy (non-hydrogen) atoms. The highest BCUT2D eigenvalue weighted by Gasteiger charge is 2.19. The van der Waals surface area contributed by atoms with Crippen molar-refractivity contribution in [2.45, 2.75) is 47.1 Å². The number of carbonyl (C=O) groups is 1. The average molecular weight is 341 g/mol. The molecule has 0 saturated carbocycles. The van der Waals surface area contributed by atoms with Gasteiger partial charge in [-0.05, 0) is 57.2 Å². The molecule has 1 unspecified atom stereocenters. The Labute approximate surface area is 144 Å². The Morgan fingerprint density at radius 1 is 1.26 bits per heavy atom. The van der Waals surface area contributed by atoms with E-state index >= 15 is 0 Å². The smallest absolute Gasteiger partial charge is 0.407 e. The summed E-state index contributed by atoms with van der Waals surface area (Å²) >= 11 is 6.14. The van der Waals surface area contributed by atoms with Crippen molar-refractivity contribution < 1.29 is 9.53 Å². The normalized spacial score (nSPS) is 12.9. The second-order valence-electron chi connectivity index (χ2n) is 7.18. The molecule has 4 nitrogen and oxygen atoms in total. The third-order valence-electron chi connectivity index (χ3n) is 3.67. The summed E-state index contributed by atoms with van der Waals surface area (Å²) in [6.45, 7) is 13.2. The molecule has 0 aliphatic heterocycles. The van der Waals surface area contributed by atoms with E-state index in [0.29, 0.717) is 18.4 Å². The van der Waals surface area contributed by atoms with Crippen molar-refractivity contribution in [3.8, 4) is 0 Å². The van der Waals surface area contributed by atoms with Crippen molar-refractivity contribution in [3.63, 3.8) is 0 Å². The van der Waals surface area contributed by atoms with Gasteiger partial charge in [0, 0.05) is 23.8 Å². The Morgan fingerprint density at radius 3 is 2.48 bits per heavy atom. The predicted molar refractivity (Wildman–Crippen MR) is 97.2 cm³/mol. The van der Waals surface area contributed by atoms with E-state index in [1.165, 1.54) is 0 Å². The first-order valence-corrected chi connectivity index (χ1v) is 8.43. The van der Waals surface area contributed by atoms with E-state index in [4.69, 9.17) is 16.3 Å². The molecular weight excluding hydrogens is 312 g/mol. The second-order valence-corrected chi connectivity index (χ2v) is 7.59. The molecule has 1 amide bonds. The van der Waals surface area contributed by atoms with Gasteiger partial charge in [0.05, 0.1) is 0 Å². The number of ether oxygens (including phenoxy) is 1. The van der Waals surface area contributed by atoms with Gasteiger partial charge in [-0.15, -0.1) is 0 Å². The summed E-state index contributed by atoms with van der Waals surface area (Å²) in [7, 11) is 0. The van der Waals surface area contributed by atoms with Gasteiger partial charge >= 0.3 is 6.09 Å². The first-order valence-electron chi connectivity index (χ1n) is 8.06. The molecule has 0 bridgehead atoms. The lowest BCUT2D eigenvalue weighted by molar-refractivity contribution is 0.0516. The number of alkyl carbamates (subject to hydrolysis) is 1. The van der Waals surface area contributed by atoms with Crippen molar-refractivity contribution >= 4 is 23.4 Å². The second kappa shape index (κ2) is 8.44. The van der Waals surface area contributed by atoms with Gasteiger partial charge in [0.15, 0.2) is 0 Å². The lowest BCUT2D eigenvalue weighted by Crippen LogP contribution is -2.38. The van der Waals surface area contributed by atoms with Crippen LogP contribution in [-0.4, -0.2) is 24.8 Å². The van der Waals surface area contributed by atoms with E-state index in [9.17, 15) is 4.79 Å². The van der Waals surface area contributed by atoms with Crippen molar-refractivity contribution in [1.29, 1.82) is 0 Å². The molecule has 1 atom stereocenters. The summed E-state index contributed by atoms with van der Waals surface area (Å²) in [5.74, 6) is 0.720. The number of halogens is 1. The highest BCUT2D eigenvalue weighted by atomic mass is 35.5. The third-order valence-corrected chi connectivity index (χ3v) is 4.08. The molecule has 5 heteroatoms. The highest BCUT2D eigenvalue weighted by Crippen LogP contribution is 2.23. The van der Waals surface area contributed by atoms with Crippen LogP contribution in [0.1, 0.15) is 40.2 Å². The van der Waals surface area contributed by atoms with E-state index in [1.54, 1.807) is 0 Å². The maximum Gasteiger partial charge on any atom is 0.407 e. The highest BCUT2D eigenvalue weighted by molar-refractivity contribution is 6.31. The molecular formula is C18H29ClN2O2. The molecule has 0 heterocycles. The molecule has 2 N–H and O–H groups in total. The van der Waals surface area contributed by atoms with Gasteiger partial charge in [-0.3, -0.25) is 0 Å². The van der Waals surface area contributed by atoms with Crippen LogP contribution in [0.4, 0.5) is 10.5 Å². The Hall–Kier alpha value is -1.42. The largest absolute Gasteiger partial charge is 0.444 e. The fraction of sp³-hybridized carbons (Fsp3) is 0.611. The first kappa shape index (κ1) is 19.6. The Morgan fingerprint density at radius 2 is 1.91 bits per heavy atom. The fourth-order valence-electron chi connectivity index (χ4n) is 2.11. The fourth-order valence-corrected chi connectivity index (χ4v) is 2.29. The number of nitrogens with one attached hydrogen (secondary N) is 2. The molecule has 0 radical (unpaired) electrons. The minimum absolute atomic E-state index is 0.292. The zero-order valence-electron chi connectivity index (χ0n) is 15.0. The Kier molecular flexibility index (Phi) is 7.20. The van der Waals surface area contributed by atoms with Crippen LogP contribution in [0.15, 0.2) is 18.2 Å². The number of amides is 1. The summed E-state index contributed by atoms with van der Waals surface area (Å²) < 4.78 is 5.28. The topological polar surface area (TPSA) is 50.4 Å². The standard InChI is InChI=1S/C18H29ClN2O2/c1-12(2)14(11-21-17(22)23-18(4,5)6)10-20-16-9-7-8-15(19)13(16)3/h7-9,12,14,20H,10-11H2,1-6H3,(H,21,22). The maximum atomic E-state index is 11.8. The van der Waals surface area contributed by atoms with Crippen LogP contribution in [0, 0.1) is 18.8 Å². The number of hydrogen-bond acceptors (Lipinski definition) is 3. The molecule has 1 aromatic carbocycles. The first-order chi connectivity index (χ1) is 10.6. The van der Waals surface area contributed by atoms with Crippen LogP contribution in [0.3, 0.4) is 0 Å². The third kappa shape index (κ3) is 7.12. The van der Waals surface area contributed by atoms with E-state index in [0.717, 1.165) is 22.8 Å². The minimum atomic E-state index is -0.479. The maximum absolute atomic E-state index is 11.8. The van der Waals surface area contributed by atoms with Crippen LogP contribution >= 0.6 is 11.6 Å². The van der Waals surface area contributed by atoms with Crippen molar-refractivity contribution in [2.75, 3.05) is 18.4 Å². The summed E-state index contributed by atoms with van der Waals surface area (Å²) in [5, 5.41) is 7.04. The van der Waals surface area contributed by atoms with Crippen LogP contribution in [0.25, 0.3) is 0 Å². The summed E-state index contributed by atoms with van der Waals surface area (Å²) in [6.07, 6.45) is -0.373. The van der Waals surface area contributed by atoms with E-state index in [-0.39, 0.29) is 6.09 Å². The monoisotopic (exact) mass is 340 g/mol. The summed E-state index contributed by atoms with van der Waals surface area (Å²) in [6, 6.07) is 5.83. The quantitative estimate of drug-likeness (QED) is 0.777. The van der Waals surface area contributed by atoms with Gasteiger partial charge in [-0.25, -0.2) is 4.79 Å². The van der Waals surface area contributed by atoms with Crippen LogP contribution < -0.4 is 10.6 Å². The summed E-state index contributed by atoms with van der Waals surface area (Å²) in [4.78, 5) is 11.8. The molecule has 1 rings (SSSR count). The molecule has 0 fully saturated rings. The van der Waals surface area contributed by atoms with E-state index < -0.39 is 5.60 Å². The SMILES string of the molecule is Cc1c(Cl)cccc1NCC(CNC(=O)OC(C)(C)C)C(C)C. The minimum Gasteiger partial charge on any atom is -0.444 e. The molecule has 0 aliphatic rings.